The molecule has 0 saturated heterocycles. The third-order valence-electron chi connectivity index (χ3n) is 3.78. The standard InChI is InChI=1S/C20H17N3O5S/c1-12-10-17(23-28-12)22-18(24)11-29-14-8-6-13(7-9-14)21-19(25)15-4-2-3-5-16(15)20(26)27/h2-10H,11H2,1H3,(H,21,25)(H,26,27)(H,22,23,24). The van der Waals surface area contributed by atoms with Crippen molar-refractivity contribution in [3.05, 3.63) is 71.5 Å². The number of rotatable bonds is 7. The molecule has 3 N–H and O–H groups in total. The molecule has 0 bridgehead atoms. The highest BCUT2D eigenvalue weighted by molar-refractivity contribution is 8.00. The second-order valence-corrected chi connectivity index (χ2v) is 7.04. The zero-order valence-electron chi connectivity index (χ0n) is 15.3. The molecule has 0 aliphatic rings. The van der Waals surface area contributed by atoms with E-state index in [0.29, 0.717) is 17.3 Å². The lowest BCUT2D eigenvalue weighted by Gasteiger charge is -2.08. The summed E-state index contributed by atoms with van der Waals surface area (Å²) in [5.74, 6) is -0.730. The molecule has 29 heavy (non-hydrogen) atoms. The van der Waals surface area contributed by atoms with E-state index >= 15 is 0 Å². The van der Waals surface area contributed by atoms with Gasteiger partial charge in [0.2, 0.25) is 5.91 Å². The Morgan fingerprint density at radius 3 is 2.34 bits per heavy atom. The van der Waals surface area contributed by atoms with Gasteiger partial charge in [0.05, 0.1) is 16.9 Å². The molecular formula is C20H17N3O5S. The number of hydrogen-bond donors (Lipinski definition) is 3. The summed E-state index contributed by atoms with van der Waals surface area (Å²) >= 11 is 1.32. The number of aromatic carboxylic acids is 1. The highest BCUT2D eigenvalue weighted by Gasteiger charge is 2.15. The first-order chi connectivity index (χ1) is 13.9. The van der Waals surface area contributed by atoms with Crippen LogP contribution in [-0.4, -0.2) is 33.8 Å². The van der Waals surface area contributed by atoms with Crippen molar-refractivity contribution in [3.8, 4) is 0 Å². The number of aryl methyl sites for hydroxylation is 1. The van der Waals surface area contributed by atoms with Crippen LogP contribution in [-0.2, 0) is 4.79 Å². The Balaban J connectivity index is 1.55. The predicted octanol–water partition coefficient (Wildman–Crippen LogP) is 3.66. The summed E-state index contributed by atoms with van der Waals surface area (Å²) in [6.45, 7) is 1.73. The molecular weight excluding hydrogens is 394 g/mol. The van der Waals surface area contributed by atoms with Gasteiger partial charge >= 0.3 is 5.97 Å². The van der Waals surface area contributed by atoms with Crippen molar-refractivity contribution < 1.29 is 24.0 Å². The van der Waals surface area contributed by atoms with E-state index in [1.165, 1.54) is 23.9 Å². The van der Waals surface area contributed by atoms with E-state index in [-0.39, 0.29) is 22.8 Å². The van der Waals surface area contributed by atoms with Crippen molar-refractivity contribution in [3.63, 3.8) is 0 Å². The minimum Gasteiger partial charge on any atom is -0.478 e. The molecule has 0 spiro atoms. The third-order valence-corrected chi connectivity index (χ3v) is 4.79. The highest BCUT2D eigenvalue weighted by Crippen LogP contribution is 2.21. The van der Waals surface area contributed by atoms with Crippen molar-refractivity contribution in [2.75, 3.05) is 16.4 Å². The summed E-state index contributed by atoms with van der Waals surface area (Å²) in [4.78, 5) is 36.4. The molecule has 8 nitrogen and oxygen atoms in total. The maximum Gasteiger partial charge on any atom is 0.336 e. The van der Waals surface area contributed by atoms with Crippen LogP contribution in [0.25, 0.3) is 0 Å². The molecule has 2 amide bonds. The van der Waals surface area contributed by atoms with Crippen LogP contribution in [0.4, 0.5) is 11.5 Å². The van der Waals surface area contributed by atoms with Crippen LogP contribution in [0.1, 0.15) is 26.5 Å². The Hall–Kier alpha value is -3.59. The number of hydrogen-bond acceptors (Lipinski definition) is 6. The first kappa shape index (κ1) is 20.2. The summed E-state index contributed by atoms with van der Waals surface area (Å²) < 4.78 is 4.89. The SMILES string of the molecule is Cc1cc(NC(=O)CSc2ccc(NC(=O)c3ccccc3C(=O)O)cc2)no1. The fourth-order valence-electron chi connectivity index (χ4n) is 2.45. The van der Waals surface area contributed by atoms with Gasteiger partial charge in [-0.05, 0) is 43.3 Å². The molecule has 0 fully saturated rings. The lowest BCUT2D eigenvalue weighted by molar-refractivity contribution is -0.113. The molecule has 9 heteroatoms. The van der Waals surface area contributed by atoms with Gasteiger partial charge < -0.3 is 20.3 Å². The molecule has 2 aromatic carbocycles. The van der Waals surface area contributed by atoms with E-state index < -0.39 is 11.9 Å². The quantitative estimate of drug-likeness (QED) is 0.507. The van der Waals surface area contributed by atoms with Gasteiger partial charge in [0, 0.05) is 16.6 Å². The number of amides is 2. The number of anilines is 2. The number of benzene rings is 2. The monoisotopic (exact) mass is 411 g/mol. The first-order valence-electron chi connectivity index (χ1n) is 8.52. The summed E-state index contributed by atoms with van der Waals surface area (Å²) in [7, 11) is 0. The molecule has 0 aliphatic carbocycles. The molecule has 1 aromatic heterocycles. The molecule has 3 rings (SSSR count). The van der Waals surface area contributed by atoms with E-state index in [9.17, 15) is 19.5 Å². The van der Waals surface area contributed by atoms with Crippen LogP contribution < -0.4 is 10.6 Å². The molecule has 0 radical (unpaired) electrons. The molecule has 0 unspecified atom stereocenters. The van der Waals surface area contributed by atoms with Crippen molar-refractivity contribution in [1.82, 2.24) is 5.16 Å². The molecule has 3 aromatic rings. The van der Waals surface area contributed by atoms with Crippen molar-refractivity contribution in [2.24, 2.45) is 0 Å². The van der Waals surface area contributed by atoms with Gasteiger partial charge in [0.1, 0.15) is 5.76 Å². The molecule has 0 saturated carbocycles. The maximum atomic E-state index is 12.4. The Bertz CT molecular complexity index is 1050. The number of thioether (sulfide) groups is 1. The number of nitrogens with one attached hydrogen (secondary N) is 2. The Kier molecular flexibility index (Phi) is 6.30. The summed E-state index contributed by atoms with van der Waals surface area (Å²) in [5.41, 5.74) is 0.533. The molecule has 1 heterocycles. The summed E-state index contributed by atoms with van der Waals surface area (Å²) in [5, 5.41) is 18.2. The van der Waals surface area contributed by atoms with Gasteiger partial charge in [-0.2, -0.15) is 0 Å². The van der Waals surface area contributed by atoms with E-state index in [1.807, 2.05) is 0 Å². The van der Waals surface area contributed by atoms with Crippen LogP contribution in [0.5, 0.6) is 0 Å². The summed E-state index contributed by atoms with van der Waals surface area (Å²) in [6, 6.07) is 14.5. The Morgan fingerprint density at radius 1 is 1.03 bits per heavy atom. The van der Waals surface area contributed by atoms with Gasteiger partial charge in [-0.15, -0.1) is 11.8 Å². The second-order valence-electron chi connectivity index (χ2n) is 5.99. The zero-order valence-corrected chi connectivity index (χ0v) is 16.2. The average molecular weight is 411 g/mol. The van der Waals surface area contributed by atoms with Crippen LogP contribution >= 0.6 is 11.8 Å². The van der Waals surface area contributed by atoms with Crippen LogP contribution in [0, 0.1) is 6.92 Å². The number of carboxylic acid groups (broad SMARTS) is 1. The fraction of sp³-hybridized carbons (Fsp3) is 0.100. The van der Waals surface area contributed by atoms with Gasteiger partial charge in [-0.3, -0.25) is 9.59 Å². The minimum atomic E-state index is -1.17. The van der Waals surface area contributed by atoms with Crippen LogP contribution in [0.3, 0.4) is 0 Å². The van der Waals surface area contributed by atoms with E-state index in [1.54, 1.807) is 49.4 Å². The summed E-state index contributed by atoms with van der Waals surface area (Å²) in [6.07, 6.45) is 0. The van der Waals surface area contributed by atoms with Gasteiger partial charge in [-0.25, -0.2) is 4.79 Å². The molecule has 0 aliphatic heterocycles. The first-order valence-corrected chi connectivity index (χ1v) is 9.50. The van der Waals surface area contributed by atoms with E-state index in [2.05, 4.69) is 15.8 Å². The molecule has 148 valence electrons. The number of aromatic nitrogens is 1. The minimum absolute atomic E-state index is 0.0644. The van der Waals surface area contributed by atoms with Gasteiger partial charge in [0.25, 0.3) is 5.91 Å². The lowest BCUT2D eigenvalue weighted by atomic mass is 10.1. The normalized spacial score (nSPS) is 10.4. The van der Waals surface area contributed by atoms with Crippen LogP contribution in [0.2, 0.25) is 0 Å². The lowest BCUT2D eigenvalue weighted by Crippen LogP contribution is -2.16. The van der Waals surface area contributed by atoms with Gasteiger partial charge in [0.15, 0.2) is 5.82 Å². The van der Waals surface area contributed by atoms with E-state index in [4.69, 9.17) is 4.52 Å². The largest absolute Gasteiger partial charge is 0.478 e. The number of carbonyl (C=O) groups is 3. The smallest absolute Gasteiger partial charge is 0.336 e. The highest BCUT2D eigenvalue weighted by atomic mass is 32.2. The zero-order chi connectivity index (χ0) is 20.8. The predicted molar refractivity (Wildman–Crippen MR) is 108 cm³/mol. The second kappa shape index (κ2) is 9.07. The molecule has 0 atom stereocenters. The average Bonchev–Trinajstić information content (AvgIpc) is 3.12. The van der Waals surface area contributed by atoms with Gasteiger partial charge in [-0.1, -0.05) is 17.3 Å². The van der Waals surface area contributed by atoms with Crippen molar-refractivity contribution >= 4 is 41.1 Å². The Labute approximate surface area is 170 Å². The Morgan fingerprint density at radius 2 is 1.72 bits per heavy atom. The van der Waals surface area contributed by atoms with Crippen molar-refractivity contribution in [2.45, 2.75) is 11.8 Å². The number of nitrogens with zero attached hydrogens (tertiary/aromatic N) is 1. The maximum absolute atomic E-state index is 12.4. The van der Waals surface area contributed by atoms with E-state index in [0.717, 1.165) is 4.90 Å². The van der Waals surface area contributed by atoms with Crippen molar-refractivity contribution in [1.29, 1.82) is 0 Å². The van der Waals surface area contributed by atoms with Crippen LogP contribution in [0.15, 0.2) is 64.0 Å². The third kappa shape index (κ3) is 5.45. The number of carbonyl (C=O) groups excluding carboxylic acids is 2. The topological polar surface area (TPSA) is 122 Å². The number of carboxylic acids is 1. The fourth-order valence-corrected chi connectivity index (χ4v) is 3.15.